The van der Waals surface area contributed by atoms with Crippen LogP contribution in [0.5, 0.6) is 0 Å². The van der Waals surface area contributed by atoms with Crippen LogP contribution < -0.4 is 0 Å². The standard InChI is InChI=1S/C19H36O2.C18H34O2.C17H32O2.C16H30O2.4CH4/c1-6-9-15-19(8-3,16-13-11-10-12-14-16)21-17(20)18(4,5)7-2;1-7-17(5,6)16(19)20-18(8-2,14(3)4)15-12-10-9-11-13-15;1-7-16(4,5)15(18)19-17(6,13(2)3)14-11-9-8-10-12-14;1-7-15(3,4)14(17)18-16(5,6)13-10-8-12(2)9-11-13;;;;/h16H,6-15H2,1-5H3;14-15H,7-13H2,1-6H3;13-14H,7-12H2,1-6H3;12-13H,7-11H2,1-6H3;4*1H4. The number of rotatable bonds is 23. The second-order valence-corrected chi connectivity index (χ2v) is 29.4. The van der Waals surface area contributed by atoms with E-state index in [2.05, 4.69) is 96.9 Å². The van der Waals surface area contributed by atoms with Crippen LogP contribution in [0.2, 0.25) is 0 Å². The van der Waals surface area contributed by atoms with Crippen molar-refractivity contribution >= 4 is 23.9 Å². The summed E-state index contributed by atoms with van der Waals surface area (Å²) in [6, 6.07) is 0. The molecule has 3 unspecified atom stereocenters. The Morgan fingerprint density at radius 1 is 0.378 bits per heavy atom. The van der Waals surface area contributed by atoms with Crippen molar-refractivity contribution < 1.29 is 38.1 Å². The molecule has 0 spiro atoms. The molecule has 492 valence electrons. The van der Waals surface area contributed by atoms with Gasteiger partial charge in [-0.15, -0.1) is 0 Å². The Morgan fingerprint density at radius 3 is 1.05 bits per heavy atom. The molecule has 4 aliphatic rings. The maximum atomic E-state index is 12.7. The second kappa shape index (κ2) is 38.9. The predicted octanol–water partition coefficient (Wildman–Crippen LogP) is 23.3. The summed E-state index contributed by atoms with van der Waals surface area (Å²) in [5.74, 6) is 3.65. The van der Waals surface area contributed by atoms with Crippen LogP contribution >= 0.6 is 0 Å². The van der Waals surface area contributed by atoms with Crippen molar-refractivity contribution in [2.75, 3.05) is 0 Å². The number of carbonyl (C=O) groups excluding carboxylic acids is 4. The van der Waals surface area contributed by atoms with Crippen molar-refractivity contribution in [3.05, 3.63) is 0 Å². The Morgan fingerprint density at radius 2 is 0.720 bits per heavy atom. The van der Waals surface area contributed by atoms with Gasteiger partial charge in [0.05, 0.1) is 21.7 Å². The van der Waals surface area contributed by atoms with E-state index < -0.39 is 0 Å². The first kappa shape index (κ1) is 86.3. The van der Waals surface area contributed by atoms with E-state index in [1.54, 1.807) is 0 Å². The quantitative estimate of drug-likeness (QED) is 0.0736. The topological polar surface area (TPSA) is 105 Å². The molecule has 0 aromatic carbocycles. The zero-order chi connectivity index (χ0) is 60.0. The molecule has 0 aromatic heterocycles. The summed E-state index contributed by atoms with van der Waals surface area (Å²) in [6.07, 6.45) is 32.5. The number of hydrogen-bond acceptors (Lipinski definition) is 8. The minimum Gasteiger partial charge on any atom is -0.459 e. The van der Waals surface area contributed by atoms with Crippen molar-refractivity contribution in [2.24, 2.45) is 63.1 Å². The van der Waals surface area contributed by atoms with Gasteiger partial charge in [-0.1, -0.05) is 190 Å². The minimum atomic E-state index is -0.371. The highest BCUT2D eigenvalue weighted by atomic mass is 16.6. The third-order valence-corrected chi connectivity index (χ3v) is 21.3. The lowest BCUT2D eigenvalue weighted by molar-refractivity contribution is -0.187. The van der Waals surface area contributed by atoms with E-state index in [4.69, 9.17) is 18.9 Å². The third-order valence-electron chi connectivity index (χ3n) is 21.3. The Bertz CT molecular complexity index is 1710. The molecule has 3 atom stereocenters. The largest absolute Gasteiger partial charge is 0.459 e. The summed E-state index contributed by atoms with van der Waals surface area (Å²) in [4.78, 5) is 49.9. The highest BCUT2D eigenvalue weighted by Crippen LogP contribution is 2.46. The van der Waals surface area contributed by atoms with E-state index in [0.717, 1.165) is 57.3 Å². The Hall–Kier alpha value is -2.12. The molecule has 0 amide bonds. The van der Waals surface area contributed by atoms with E-state index >= 15 is 0 Å². The van der Waals surface area contributed by atoms with Crippen molar-refractivity contribution in [3.63, 3.8) is 0 Å². The number of hydrogen-bond donors (Lipinski definition) is 0. The zero-order valence-corrected chi connectivity index (χ0v) is 56.1. The molecule has 0 N–H and O–H groups in total. The summed E-state index contributed by atoms with van der Waals surface area (Å²) < 4.78 is 24.3. The monoisotopic (exact) mass is 1170 g/mol. The van der Waals surface area contributed by atoms with Gasteiger partial charge in [0.2, 0.25) is 0 Å². The summed E-state index contributed by atoms with van der Waals surface area (Å²) in [5.41, 5.74) is -2.55. The Balaban J connectivity index is -0.000000487. The lowest BCUT2D eigenvalue weighted by Crippen LogP contribution is -2.49. The molecule has 4 saturated carbocycles. The fraction of sp³-hybridized carbons (Fsp3) is 0.946. The van der Waals surface area contributed by atoms with Crippen LogP contribution in [-0.4, -0.2) is 46.3 Å². The summed E-state index contributed by atoms with van der Waals surface area (Å²) in [5, 5.41) is 0. The highest BCUT2D eigenvalue weighted by molar-refractivity contribution is 5.77. The third kappa shape index (κ3) is 25.3. The number of ether oxygens (including phenoxy) is 4. The maximum Gasteiger partial charge on any atom is 0.312 e. The van der Waals surface area contributed by atoms with Gasteiger partial charge >= 0.3 is 23.9 Å². The molecule has 0 radical (unpaired) electrons. The van der Waals surface area contributed by atoms with Crippen LogP contribution in [0.4, 0.5) is 0 Å². The smallest absolute Gasteiger partial charge is 0.312 e. The summed E-state index contributed by atoms with van der Waals surface area (Å²) in [6.45, 7) is 48.2. The maximum absolute atomic E-state index is 12.7. The molecule has 4 aliphatic carbocycles. The van der Waals surface area contributed by atoms with Gasteiger partial charge in [-0.3, -0.25) is 19.2 Å². The Kier molecular flexibility index (Phi) is 41.0. The average molecular weight is 1170 g/mol. The van der Waals surface area contributed by atoms with Gasteiger partial charge in [0.15, 0.2) is 0 Å². The van der Waals surface area contributed by atoms with Gasteiger partial charge < -0.3 is 18.9 Å². The molecule has 0 heterocycles. The van der Waals surface area contributed by atoms with E-state index in [9.17, 15) is 19.2 Å². The molecular formula is C74H148O8. The number of carbonyl (C=O) groups is 4. The fourth-order valence-corrected chi connectivity index (χ4v) is 12.3. The van der Waals surface area contributed by atoms with Crippen LogP contribution in [-0.2, 0) is 38.1 Å². The van der Waals surface area contributed by atoms with Crippen molar-refractivity contribution in [3.8, 4) is 0 Å². The lowest BCUT2D eigenvalue weighted by atomic mass is 9.69. The van der Waals surface area contributed by atoms with E-state index in [0.29, 0.717) is 35.5 Å². The van der Waals surface area contributed by atoms with Crippen LogP contribution in [0, 0.1) is 63.1 Å². The average Bonchev–Trinajstić information content (AvgIpc) is 3.42. The molecule has 0 saturated heterocycles. The fourth-order valence-electron chi connectivity index (χ4n) is 12.3. The normalized spacial score (nSPS) is 20.8. The van der Waals surface area contributed by atoms with Crippen molar-refractivity contribution in [2.45, 2.75) is 391 Å². The summed E-state index contributed by atoms with van der Waals surface area (Å²) >= 11 is 0. The first-order valence-electron chi connectivity index (χ1n) is 33.1. The first-order valence-corrected chi connectivity index (χ1v) is 33.1. The van der Waals surface area contributed by atoms with Gasteiger partial charge in [0.25, 0.3) is 0 Å². The zero-order valence-electron chi connectivity index (χ0n) is 56.1. The molecule has 0 bridgehead atoms. The first-order chi connectivity index (χ1) is 36.1. The SMILES string of the molecule is C.C.C.C.CCC(C)(C)C(=O)OC(C)(C(C)C)C1CCCCC1.CCC(C)(C)C(=O)OC(C)(C)C1CCC(C)CC1.CCC(C)(C)C(=O)OC(CC)(C(C)C)C1CCCCC1.CCCCC(CC)(OC(=O)C(C)(C)CC)C1CCCCC1. The molecule has 8 nitrogen and oxygen atoms in total. The van der Waals surface area contributed by atoms with Crippen LogP contribution in [0.1, 0.15) is 369 Å². The van der Waals surface area contributed by atoms with E-state index in [-0.39, 0.29) is 97.6 Å². The molecule has 0 aliphatic heterocycles. The highest BCUT2D eigenvalue weighted by Gasteiger charge is 2.48. The molecule has 4 fully saturated rings. The van der Waals surface area contributed by atoms with Crippen LogP contribution in [0.3, 0.4) is 0 Å². The Labute approximate surface area is 513 Å². The minimum absolute atomic E-state index is 0. The number of unbranched alkanes of at least 4 members (excludes halogenated alkanes) is 1. The number of esters is 4. The molecule has 82 heavy (non-hydrogen) atoms. The van der Waals surface area contributed by atoms with Crippen LogP contribution in [0.15, 0.2) is 0 Å². The van der Waals surface area contributed by atoms with E-state index in [1.807, 2.05) is 62.3 Å². The lowest BCUT2D eigenvalue weighted by Gasteiger charge is -2.46. The molecule has 4 rings (SSSR count). The van der Waals surface area contributed by atoms with Gasteiger partial charge in [-0.2, -0.15) is 0 Å². The van der Waals surface area contributed by atoms with Gasteiger partial charge in [0.1, 0.15) is 22.4 Å². The molecular weight excluding hydrogens is 1020 g/mol. The van der Waals surface area contributed by atoms with Crippen molar-refractivity contribution in [1.82, 2.24) is 0 Å². The predicted molar refractivity (Wildman–Crippen MR) is 356 cm³/mol. The van der Waals surface area contributed by atoms with Crippen molar-refractivity contribution in [1.29, 1.82) is 0 Å². The summed E-state index contributed by atoms with van der Waals surface area (Å²) in [7, 11) is 0. The van der Waals surface area contributed by atoms with Crippen LogP contribution in [0.25, 0.3) is 0 Å². The molecule has 8 heteroatoms. The second-order valence-electron chi connectivity index (χ2n) is 29.4. The van der Waals surface area contributed by atoms with Gasteiger partial charge in [0, 0.05) is 0 Å². The van der Waals surface area contributed by atoms with E-state index in [1.165, 1.54) is 128 Å². The van der Waals surface area contributed by atoms with Gasteiger partial charge in [-0.25, -0.2) is 0 Å². The molecule has 0 aromatic rings. The van der Waals surface area contributed by atoms with Gasteiger partial charge in [-0.05, 0) is 220 Å².